The highest BCUT2D eigenvalue weighted by molar-refractivity contribution is 5.67. The lowest BCUT2D eigenvalue weighted by atomic mass is 9.91. The Balaban J connectivity index is 1.72. The monoisotopic (exact) mass is 353 g/mol. The van der Waals surface area contributed by atoms with Gasteiger partial charge in [0, 0.05) is 25.0 Å². The summed E-state index contributed by atoms with van der Waals surface area (Å²) >= 11 is 0. The smallest absolute Gasteiger partial charge is 0.0707 e. The molecule has 140 valence electrons. The largest absolute Gasteiger partial charge is 0.393 e. The number of piperidine rings is 1. The van der Waals surface area contributed by atoms with E-state index in [1.54, 1.807) is 0 Å². The van der Waals surface area contributed by atoms with E-state index in [0.29, 0.717) is 25.0 Å². The normalized spacial score (nSPS) is 25.2. The van der Waals surface area contributed by atoms with E-state index in [9.17, 15) is 10.2 Å². The van der Waals surface area contributed by atoms with Gasteiger partial charge in [-0.1, -0.05) is 61.5 Å². The van der Waals surface area contributed by atoms with Crippen molar-refractivity contribution in [1.82, 2.24) is 4.90 Å². The summed E-state index contributed by atoms with van der Waals surface area (Å²) in [7, 11) is 0. The third-order valence-electron chi connectivity index (χ3n) is 5.64. The van der Waals surface area contributed by atoms with Crippen molar-refractivity contribution in [2.45, 2.75) is 63.8 Å². The predicted molar refractivity (Wildman–Crippen MR) is 107 cm³/mol. The number of likely N-dealkylation sites (tertiary alicyclic amines) is 1. The number of benzene rings is 2. The van der Waals surface area contributed by atoms with Crippen LogP contribution in [0.5, 0.6) is 0 Å². The third kappa shape index (κ3) is 4.53. The first-order valence-electron chi connectivity index (χ1n) is 9.83. The van der Waals surface area contributed by atoms with Gasteiger partial charge in [0.05, 0.1) is 12.2 Å². The van der Waals surface area contributed by atoms with Crippen molar-refractivity contribution in [3.8, 4) is 11.1 Å². The highest BCUT2D eigenvalue weighted by atomic mass is 16.3. The number of hydrogen-bond acceptors (Lipinski definition) is 3. The van der Waals surface area contributed by atoms with E-state index < -0.39 is 6.10 Å². The lowest BCUT2D eigenvalue weighted by Crippen LogP contribution is -2.52. The van der Waals surface area contributed by atoms with Crippen molar-refractivity contribution in [1.29, 1.82) is 0 Å². The van der Waals surface area contributed by atoms with E-state index in [1.165, 1.54) is 16.7 Å². The van der Waals surface area contributed by atoms with Gasteiger partial charge in [-0.15, -0.1) is 0 Å². The van der Waals surface area contributed by atoms with E-state index in [0.717, 1.165) is 19.3 Å². The summed E-state index contributed by atoms with van der Waals surface area (Å²) in [4.78, 5) is 2.39. The van der Waals surface area contributed by atoms with Crippen LogP contribution in [0.1, 0.15) is 38.7 Å². The molecule has 2 N–H and O–H groups in total. The summed E-state index contributed by atoms with van der Waals surface area (Å²) in [6, 6.07) is 19.4. The molecule has 26 heavy (non-hydrogen) atoms. The number of β-amino-alcohol motifs (C(OH)–C–C–N with tert-alkyl or cyclic N) is 1. The molecule has 4 unspecified atom stereocenters. The van der Waals surface area contributed by atoms with E-state index in [4.69, 9.17) is 0 Å². The second-order valence-electron chi connectivity index (χ2n) is 7.61. The van der Waals surface area contributed by atoms with Gasteiger partial charge in [0.15, 0.2) is 0 Å². The van der Waals surface area contributed by atoms with Gasteiger partial charge in [0.2, 0.25) is 0 Å². The van der Waals surface area contributed by atoms with Crippen LogP contribution in [-0.2, 0) is 6.42 Å². The van der Waals surface area contributed by atoms with Crippen LogP contribution in [0.4, 0.5) is 0 Å². The fourth-order valence-electron chi connectivity index (χ4n) is 4.32. The molecule has 0 aromatic heterocycles. The van der Waals surface area contributed by atoms with Crippen molar-refractivity contribution in [3.63, 3.8) is 0 Å². The fourth-order valence-corrected chi connectivity index (χ4v) is 4.32. The van der Waals surface area contributed by atoms with Crippen LogP contribution in [0, 0.1) is 0 Å². The summed E-state index contributed by atoms with van der Waals surface area (Å²) in [6.07, 6.45) is 2.65. The SMILES string of the molecule is CCC1CC(O)CC(C)N1CC(O)Cc1ccccc1-c1ccccc1. The van der Waals surface area contributed by atoms with Crippen LogP contribution in [0.3, 0.4) is 0 Å². The molecule has 1 saturated heterocycles. The molecule has 0 aliphatic carbocycles. The molecule has 0 saturated carbocycles. The van der Waals surface area contributed by atoms with Gasteiger partial charge in [0.25, 0.3) is 0 Å². The second-order valence-corrected chi connectivity index (χ2v) is 7.61. The van der Waals surface area contributed by atoms with Gasteiger partial charge < -0.3 is 10.2 Å². The summed E-state index contributed by atoms with van der Waals surface area (Å²) in [5.41, 5.74) is 3.57. The Morgan fingerprint density at radius 2 is 1.73 bits per heavy atom. The van der Waals surface area contributed by atoms with E-state index in [2.05, 4.69) is 61.2 Å². The minimum atomic E-state index is -0.411. The second kappa shape index (κ2) is 8.81. The highest BCUT2D eigenvalue weighted by Gasteiger charge is 2.32. The van der Waals surface area contributed by atoms with Gasteiger partial charge in [-0.2, -0.15) is 0 Å². The van der Waals surface area contributed by atoms with Gasteiger partial charge in [-0.3, -0.25) is 4.90 Å². The number of nitrogens with zero attached hydrogens (tertiary/aromatic N) is 1. The third-order valence-corrected chi connectivity index (χ3v) is 5.64. The Hall–Kier alpha value is -1.68. The highest BCUT2D eigenvalue weighted by Crippen LogP contribution is 2.27. The molecule has 3 nitrogen and oxygen atoms in total. The molecular weight excluding hydrogens is 322 g/mol. The molecule has 2 aromatic carbocycles. The van der Waals surface area contributed by atoms with Crippen molar-refractivity contribution in [2.75, 3.05) is 6.54 Å². The van der Waals surface area contributed by atoms with Crippen molar-refractivity contribution in [3.05, 3.63) is 60.2 Å². The molecule has 3 rings (SSSR count). The van der Waals surface area contributed by atoms with Crippen molar-refractivity contribution in [2.24, 2.45) is 0 Å². The molecule has 4 atom stereocenters. The molecule has 0 radical (unpaired) electrons. The average molecular weight is 354 g/mol. The Labute approximate surface area is 157 Å². The molecule has 2 aromatic rings. The zero-order chi connectivity index (χ0) is 18.5. The quantitative estimate of drug-likeness (QED) is 0.828. The first-order valence-corrected chi connectivity index (χ1v) is 9.83. The standard InChI is InChI=1S/C23H31NO2/c1-3-20-15-21(25)13-17(2)24(20)16-22(26)14-19-11-7-8-12-23(19)18-9-5-4-6-10-18/h4-12,17,20-22,25-26H,3,13-16H2,1-2H3. The minimum absolute atomic E-state index is 0.206. The summed E-state index contributed by atoms with van der Waals surface area (Å²) in [5.74, 6) is 0. The first kappa shape index (κ1) is 19.1. The van der Waals surface area contributed by atoms with Gasteiger partial charge in [-0.05, 0) is 42.9 Å². The molecule has 1 heterocycles. The fraction of sp³-hybridized carbons (Fsp3) is 0.478. The molecule has 0 amide bonds. The van der Waals surface area contributed by atoms with Crippen molar-refractivity contribution < 1.29 is 10.2 Å². The van der Waals surface area contributed by atoms with E-state index in [-0.39, 0.29) is 6.10 Å². The summed E-state index contributed by atoms with van der Waals surface area (Å²) in [5, 5.41) is 20.9. The van der Waals surface area contributed by atoms with Crippen molar-refractivity contribution >= 4 is 0 Å². The molecule has 3 heteroatoms. The Bertz CT molecular complexity index is 688. The maximum absolute atomic E-state index is 10.8. The first-order chi connectivity index (χ1) is 12.6. The molecule has 1 fully saturated rings. The van der Waals surface area contributed by atoms with Gasteiger partial charge in [0.1, 0.15) is 0 Å². The number of aliphatic hydroxyl groups is 2. The topological polar surface area (TPSA) is 43.7 Å². The molecule has 0 spiro atoms. The molecule has 1 aliphatic rings. The summed E-state index contributed by atoms with van der Waals surface area (Å²) < 4.78 is 0. The van der Waals surface area contributed by atoms with E-state index >= 15 is 0 Å². The maximum atomic E-state index is 10.8. The van der Waals surface area contributed by atoms with Crippen LogP contribution < -0.4 is 0 Å². The number of hydrogen-bond donors (Lipinski definition) is 2. The van der Waals surface area contributed by atoms with Gasteiger partial charge >= 0.3 is 0 Å². The molecular formula is C23H31NO2. The lowest BCUT2D eigenvalue weighted by molar-refractivity contribution is -0.0180. The Morgan fingerprint density at radius 1 is 1.04 bits per heavy atom. The lowest BCUT2D eigenvalue weighted by Gasteiger charge is -2.43. The Morgan fingerprint density at radius 3 is 2.46 bits per heavy atom. The molecule has 1 aliphatic heterocycles. The molecule has 0 bridgehead atoms. The van der Waals surface area contributed by atoms with Crippen LogP contribution >= 0.6 is 0 Å². The summed E-state index contributed by atoms with van der Waals surface area (Å²) in [6.45, 7) is 4.99. The van der Waals surface area contributed by atoms with Crippen LogP contribution in [0.15, 0.2) is 54.6 Å². The maximum Gasteiger partial charge on any atom is 0.0707 e. The number of aliphatic hydroxyl groups excluding tert-OH is 2. The van der Waals surface area contributed by atoms with Gasteiger partial charge in [-0.25, -0.2) is 0 Å². The number of rotatable bonds is 6. The zero-order valence-electron chi connectivity index (χ0n) is 15.9. The predicted octanol–water partition coefficient (Wildman–Crippen LogP) is 3.88. The van der Waals surface area contributed by atoms with E-state index in [1.807, 2.05) is 12.1 Å². The zero-order valence-corrected chi connectivity index (χ0v) is 15.9. The minimum Gasteiger partial charge on any atom is -0.393 e. The van der Waals surface area contributed by atoms with Crippen LogP contribution in [0.2, 0.25) is 0 Å². The van der Waals surface area contributed by atoms with Crippen LogP contribution in [-0.4, -0.2) is 45.9 Å². The average Bonchev–Trinajstić information content (AvgIpc) is 2.65. The Kier molecular flexibility index (Phi) is 6.47. The van der Waals surface area contributed by atoms with Crippen LogP contribution in [0.25, 0.3) is 11.1 Å².